The molecule has 1 atom stereocenters. The summed E-state index contributed by atoms with van der Waals surface area (Å²) in [6.45, 7) is 6.02. The number of rotatable bonds is 5. The number of hydrogen-bond acceptors (Lipinski definition) is 3. The SMILES string of the molecule is CCC(CCCl)Nc1cc(C)nc(C)n1. The van der Waals surface area contributed by atoms with E-state index in [-0.39, 0.29) is 0 Å². The molecule has 15 heavy (non-hydrogen) atoms. The zero-order chi connectivity index (χ0) is 11.3. The van der Waals surface area contributed by atoms with Crippen LogP contribution in [0.5, 0.6) is 0 Å². The van der Waals surface area contributed by atoms with Crippen LogP contribution in [-0.4, -0.2) is 21.9 Å². The van der Waals surface area contributed by atoms with Crippen LogP contribution in [0.3, 0.4) is 0 Å². The van der Waals surface area contributed by atoms with Gasteiger partial charge in [0.15, 0.2) is 0 Å². The third kappa shape index (κ3) is 4.04. The average Bonchev–Trinajstić information content (AvgIpc) is 2.15. The molecule has 1 aromatic heterocycles. The van der Waals surface area contributed by atoms with Gasteiger partial charge in [-0.05, 0) is 26.7 Å². The molecule has 0 aliphatic rings. The molecule has 0 amide bonds. The predicted molar refractivity (Wildman–Crippen MR) is 64.5 cm³/mol. The van der Waals surface area contributed by atoms with Crippen LogP contribution >= 0.6 is 11.6 Å². The topological polar surface area (TPSA) is 37.8 Å². The van der Waals surface area contributed by atoms with Crippen LogP contribution in [0.15, 0.2) is 6.07 Å². The number of nitrogens with one attached hydrogen (secondary N) is 1. The molecule has 0 saturated heterocycles. The predicted octanol–water partition coefficient (Wildman–Crippen LogP) is 2.91. The van der Waals surface area contributed by atoms with E-state index in [9.17, 15) is 0 Å². The summed E-state index contributed by atoms with van der Waals surface area (Å²) in [5, 5.41) is 3.38. The maximum atomic E-state index is 5.73. The van der Waals surface area contributed by atoms with E-state index in [0.29, 0.717) is 11.9 Å². The first-order valence-corrected chi connectivity index (χ1v) is 5.84. The second kappa shape index (κ2) is 5.91. The van der Waals surface area contributed by atoms with Crippen LogP contribution < -0.4 is 5.32 Å². The molecule has 1 unspecified atom stereocenters. The van der Waals surface area contributed by atoms with Crippen molar-refractivity contribution in [1.82, 2.24) is 9.97 Å². The lowest BCUT2D eigenvalue weighted by molar-refractivity contribution is 0.670. The van der Waals surface area contributed by atoms with Crippen LogP contribution in [-0.2, 0) is 0 Å². The molecule has 0 radical (unpaired) electrons. The summed E-state index contributed by atoms with van der Waals surface area (Å²) in [7, 11) is 0. The Bertz CT molecular complexity index is 294. The lowest BCUT2D eigenvalue weighted by atomic mass is 10.2. The largest absolute Gasteiger partial charge is 0.367 e. The zero-order valence-electron chi connectivity index (χ0n) is 9.55. The molecule has 0 fully saturated rings. The Balaban J connectivity index is 2.69. The lowest BCUT2D eigenvalue weighted by Crippen LogP contribution is -2.20. The smallest absolute Gasteiger partial charge is 0.130 e. The lowest BCUT2D eigenvalue weighted by Gasteiger charge is -2.16. The summed E-state index contributed by atoms with van der Waals surface area (Å²) < 4.78 is 0. The maximum absolute atomic E-state index is 5.73. The van der Waals surface area contributed by atoms with E-state index in [0.717, 1.165) is 30.2 Å². The minimum atomic E-state index is 0.399. The van der Waals surface area contributed by atoms with Gasteiger partial charge in [-0.2, -0.15) is 0 Å². The van der Waals surface area contributed by atoms with Gasteiger partial charge >= 0.3 is 0 Å². The summed E-state index contributed by atoms with van der Waals surface area (Å²) in [6, 6.07) is 2.36. The standard InChI is InChI=1S/C11H18ClN3/c1-4-10(5-6-12)15-11-7-8(2)13-9(3)14-11/h7,10H,4-6H2,1-3H3,(H,13,14,15). The minimum Gasteiger partial charge on any atom is -0.367 e. The second-order valence-corrected chi connectivity index (χ2v) is 4.05. The van der Waals surface area contributed by atoms with Crippen molar-refractivity contribution in [3.05, 3.63) is 17.6 Å². The highest BCUT2D eigenvalue weighted by Gasteiger charge is 2.06. The van der Waals surface area contributed by atoms with Gasteiger partial charge in [-0.25, -0.2) is 9.97 Å². The molecule has 0 bridgehead atoms. The summed E-state index contributed by atoms with van der Waals surface area (Å²) in [5.41, 5.74) is 0.991. The number of anilines is 1. The first kappa shape index (κ1) is 12.2. The van der Waals surface area contributed by atoms with E-state index in [1.54, 1.807) is 0 Å². The van der Waals surface area contributed by atoms with E-state index < -0.39 is 0 Å². The molecule has 0 aromatic carbocycles. The molecule has 1 rings (SSSR count). The van der Waals surface area contributed by atoms with Crippen LogP contribution in [0.2, 0.25) is 0 Å². The second-order valence-electron chi connectivity index (χ2n) is 3.67. The third-order valence-electron chi connectivity index (χ3n) is 2.27. The fraction of sp³-hybridized carbons (Fsp3) is 0.636. The molecular formula is C11H18ClN3. The number of aromatic nitrogens is 2. The van der Waals surface area contributed by atoms with Crippen LogP contribution in [0.4, 0.5) is 5.82 Å². The van der Waals surface area contributed by atoms with E-state index in [1.807, 2.05) is 19.9 Å². The van der Waals surface area contributed by atoms with Crippen LogP contribution in [0, 0.1) is 13.8 Å². The molecule has 84 valence electrons. The Kier molecular flexibility index (Phi) is 4.82. The highest BCUT2D eigenvalue weighted by atomic mass is 35.5. The molecule has 0 aliphatic heterocycles. The van der Waals surface area contributed by atoms with Gasteiger partial charge in [0.1, 0.15) is 11.6 Å². The summed E-state index contributed by atoms with van der Waals surface area (Å²) in [4.78, 5) is 8.57. The van der Waals surface area contributed by atoms with E-state index in [1.165, 1.54) is 0 Å². The Hall–Kier alpha value is -0.830. The zero-order valence-corrected chi connectivity index (χ0v) is 10.3. The molecule has 1 N–H and O–H groups in total. The Labute approximate surface area is 96.3 Å². The number of hydrogen-bond donors (Lipinski definition) is 1. The number of nitrogens with zero attached hydrogens (tertiary/aromatic N) is 2. The van der Waals surface area contributed by atoms with Crippen molar-refractivity contribution in [1.29, 1.82) is 0 Å². The molecular weight excluding hydrogens is 210 g/mol. The molecule has 1 heterocycles. The van der Waals surface area contributed by atoms with Gasteiger partial charge in [-0.1, -0.05) is 6.92 Å². The van der Waals surface area contributed by atoms with Gasteiger partial charge in [0.05, 0.1) is 0 Å². The molecule has 0 aliphatic carbocycles. The summed E-state index contributed by atoms with van der Waals surface area (Å²) in [5.74, 6) is 2.38. The molecule has 0 spiro atoms. The van der Waals surface area contributed by atoms with Gasteiger partial charge < -0.3 is 5.32 Å². The van der Waals surface area contributed by atoms with Gasteiger partial charge in [0, 0.05) is 23.7 Å². The average molecular weight is 228 g/mol. The number of halogens is 1. The quantitative estimate of drug-likeness (QED) is 0.786. The minimum absolute atomic E-state index is 0.399. The molecule has 3 nitrogen and oxygen atoms in total. The van der Waals surface area contributed by atoms with Gasteiger partial charge in [-0.15, -0.1) is 11.6 Å². The van der Waals surface area contributed by atoms with Gasteiger partial charge in [-0.3, -0.25) is 0 Å². The number of alkyl halides is 1. The Morgan fingerprint density at radius 2 is 2.13 bits per heavy atom. The van der Waals surface area contributed by atoms with Crippen molar-refractivity contribution in [3.8, 4) is 0 Å². The van der Waals surface area contributed by atoms with Crippen molar-refractivity contribution >= 4 is 17.4 Å². The molecule has 0 saturated carbocycles. The Morgan fingerprint density at radius 3 is 2.67 bits per heavy atom. The van der Waals surface area contributed by atoms with Crippen molar-refractivity contribution in [2.45, 2.75) is 39.7 Å². The first-order valence-electron chi connectivity index (χ1n) is 5.30. The van der Waals surface area contributed by atoms with Gasteiger partial charge in [0.2, 0.25) is 0 Å². The monoisotopic (exact) mass is 227 g/mol. The Morgan fingerprint density at radius 1 is 1.40 bits per heavy atom. The van der Waals surface area contributed by atoms with Crippen LogP contribution in [0.25, 0.3) is 0 Å². The normalized spacial score (nSPS) is 12.5. The molecule has 1 aromatic rings. The fourth-order valence-electron chi connectivity index (χ4n) is 1.51. The highest BCUT2D eigenvalue weighted by molar-refractivity contribution is 6.17. The summed E-state index contributed by atoms with van der Waals surface area (Å²) in [6.07, 6.45) is 2.01. The van der Waals surface area contributed by atoms with Crippen molar-refractivity contribution < 1.29 is 0 Å². The fourth-order valence-corrected chi connectivity index (χ4v) is 1.77. The van der Waals surface area contributed by atoms with Crippen molar-refractivity contribution in [2.75, 3.05) is 11.2 Å². The van der Waals surface area contributed by atoms with E-state index in [4.69, 9.17) is 11.6 Å². The van der Waals surface area contributed by atoms with Gasteiger partial charge in [0.25, 0.3) is 0 Å². The summed E-state index contributed by atoms with van der Waals surface area (Å²) >= 11 is 5.73. The van der Waals surface area contributed by atoms with Crippen molar-refractivity contribution in [3.63, 3.8) is 0 Å². The van der Waals surface area contributed by atoms with Crippen molar-refractivity contribution in [2.24, 2.45) is 0 Å². The molecule has 4 heteroatoms. The third-order valence-corrected chi connectivity index (χ3v) is 2.49. The number of aryl methyl sites for hydroxylation is 2. The van der Waals surface area contributed by atoms with Crippen LogP contribution in [0.1, 0.15) is 31.3 Å². The van der Waals surface area contributed by atoms with E-state index >= 15 is 0 Å². The first-order chi connectivity index (χ1) is 7.15. The van der Waals surface area contributed by atoms with E-state index in [2.05, 4.69) is 22.2 Å². The maximum Gasteiger partial charge on any atom is 0.130 e. The highest BCUT2D eigenvalue weighted by Crippen LogP contribution is 2.11.